The number of guanidine groups is 1. The molecule has 0 N–H and O–H groups in total. The van der Waals surface area contributed by atoms with Crippen LogP contribution in [0.3, 0.4) is 0 Å². The van der Waals surface area contributed by atoms with Crippen LogP contribution in [-0.4, -0.2) is 35.4 Å². The van der Waals surface area contributed by atoms with Crippen LogP contribution in [0.2, 0.25) is 0 Å². The molecule has 0 unspecified atom stereocenters. The van der Waals surface area contributed by atoms with E-state index in [1.54, 1.807) is 18.2 Å². The van der Waals surface area contributed by atoms with Gasteiger partial charge in [-0.15, -0.1) is 0 Å². The molecular weight excluding hydrogens is 328 g/mol. The predicted molar refractivity (Wildman–Crippen MR) is 101 cm³/mol. The van der Waals surface area contributed by atoms with Crippen LogP contribution in [0.15, 0.2) is 57.2 Å². The van der Waals surface area contributed by atoms with E-state index in [1.807, 2.05) is 36.4 Å². The molecule has 2 aromatic rings. The van der Waals surface area contributed by atoms with Gasteiger partial charge in [-0.05, 0) is 42.2 Å². The molecule has 2 aromatic carbocycles. The van der Waals surface area contributed by atoms with Crippen molar-refractivity contribution < 1.29 is 9.53 Å². The highest BCUT2D eigenvalue weighted by molar-refractivity contribution is 6.46. The Balaban J connectivity index is 1.67. The summed E-state index contributed by atoms with van der Waals surface area (Å²) in [5, 5.41) is 8.28. The average molecular weight is 344 g/mol. The van der Waals surface area contributed by atoms with Crippen molar-refractivity contribution in [2.75, 3.05) is 7.11 Å². The summed E-state index contributed by atoms with van der Waals surface area (Å²) < 4.78 is 5.53. The molecule has 26 heavy (non-hydrogen) atoms. The van der Waals surface area contributed by atoms with Crippen LogP contribution >= 0.6 is 0 Å². The number of aliphatic imine (C=N–C) groups is 2. The fraction of sp³-hybridized carbons (Fsp3) is 0.200. The fourth-order valence-corrected chi connectivity index (χ4v) is 3.61. The molecule has 1 fully saturated rings. The first-order valence-electron chi connectivity index (χ1n) is 8.60. The van der Waals surface area contributed by atoms with Gasteiger partial charge in [0.05, 0.1) is 18.5 Å². The Kier molecular flexibility index (Phi) is 3.25. The lowest BCUT2D eigenvalue weighted by molar-refractivity contribution is -0.114. The van der Waals surface area contributed by atoms with E-state index in [4.69, 9.17) is 4.74 Å². The summed E-state index contributed by atoms with van der Waals surface area (Å²) in [6, 6.07) is 11.9. The van der Waals surface area contributed by atoms with Gasteiger partial charge >= 0.3 is 0 Å². The number of hydrazone groups is 1. The van der Waals surface area contributed by atoms with Gasteiger partial charge in [0.15, 0.2) is 0 Å². The Hall–Kier alpha value is -3.28. The van der Waals surface area contributed by atoms with E-state index in [2.05, 4.69) is 15.1 Å². The van der Waals surface area contributed by atoms with Crippen LogP contribution < -0.4 is 4.74 Å². The molecule has 128 valence electrons. The number of methoxy groups -OCH3 is 1. The first-order valence-corrected chi connectivity index (χ1v) is 8.60. The standard InChI is InChI=1S/C20H16N4O2/c1-26-18-10-9-12-5-2-3-6-13(12)14(18)11-17-19(25)22-20-21-15-7-4-8-16(15)23-24(17)20/h2-3,5-6,9-11H,4,7-8H2,1H3. The maximum absolute atomic E-state index is 12.5. The minimum absolute atomic E-state index is 0.330. The van der Waals surface area contributed by atoms with Gasteiger partial charge in [-0.3, -0.25) is 4.79 Å². The Morgan fingerprint density at radius 3 is 2.81 bits per heavy atom. The lowest BCUT2D eigenvalue weighted by Gasteiger charge is -2.18. The zero-order chi connectivity index (χ0) is 17.7. The summed E-state index contributed by atoms with van der Waals surface area (Å²) in [7, 11) is 1.63. The number of ether oxygens (including phenoxy) is 1. The molecule has 3 aliphatic rings. The van der Waals surface area contributed by atoms with Gasteiger partial charge in [0.1, 0.15) is 11.4 Å². The Bertz CT molecular complexity index is 1080. The van der Waals surface area contributed by atoms with Crippen molar-refractivity contribution in [3.63, 3.8) is 0 Å². The van der Waals surface area contributed by atoms with E-state index in [9.17, 15) is 4.79 Å². The topological polar surface area (TPSA) is 66.6 Å². The van der Waals surface area contributed by atoms with Crippen molar-refractivity contribution in [2.24, 2.45) is 15.1 Å². The summed E-state index contributed by atoms with van der Waals surface area (Å²) in [5.74, 6) is 0.733. The monoisotopic (exact) mass is 344 g/mol. The van der Waals surface area contributed by atoms with Crippen LogP contribution in [0.4, 0.5) is 0 Å². The van der Waals surface area contributed by atoms with Crippen LogP contribution in [0.25, 0.3) is 16.8 Å². The van der Waals surface area contributed by atoms with Gasteiger partial charge < -0.3 is 4.74 Å². The molecule has 1 saturated carbocycles. The highest BCUT2D eigenvalue weighted by atomic mass is 16.5. The van der Waals surface area contributed by atoms with E-state index >= 15 is 0 Å². The Labute approximate surface area is 150 Å². The quantitative estimate of drug-likeness (QED) is 0.785. The van der Waals surface area contributed by atoms with E-state index in [0.717, 1.165) is 47.0 Å². The molecule has 2 aliphatic heterocycles. The maximum Gasteiger partial charge on any atom is 0.299 e. The Morgan fingerprint density at radius 1 is 1.08 bits per heavy atom. The van der Waals surface area contributed by atoms with Gasteiger partial charge in [-0.2, -0.15) is 15.1 Å². The van der Waals surface area contributed by atoms with E-state index < -0.39 is 0 Å². The summed E-state index contributed by atoms with van der Waals surface area (Å²) in [6.07, 6.45) is 4.64. The minimum atomic E-state index is -0.330. The molecule has 6 nitrogen and oxygen atoms in total. The molecule has 0 aromatic heterocycles. The molecule has 2 heterocycles. The molecule has 0 radical (unpaired) electrons. The summed E-state index contributed by atoms with van der Waals surface area (Å²) in [4.78, 5) is 21.1. The SMILES string of the molecule is COc1ccc2ccccc2c1C=C1C(=O)N=C2N=C3CCCC3=NN12. The number of amides is 1. The number of rotatable bonds is 2. The summed E-state index contributed by atoms with van der Waals surface area (Å²) in [5.41, 5.74) is 3.15. The van der Waals surface area contributed by atoms with Gasteiger partial charge in [-0.1, -0.05) is 30.3 Å². The van der Waals surface area contributed by atoms with Crippen LogP contribution in [0, 0.1) is 0 Å². The van der Waals surface area contributed by atoms with Crippen molar-refractivity contribution in [3.05, 3.63) is 47.7 Å². The van der Waals surface area contributed by atoms with Crippen LogP contribution in [-0.2, 0) is 4.79 Å². The van der Waals surface area contributed by atoms with Crippen molar-refractivity contribution in [1.82, 2.24) is 5.01 Å². The number of hydrogen-bond donors (Lipinski definition) is 0. The van der Waals surface area contributed by atoms with Crippen molar-refractivity contribution in [3.8, 4) is 5.75 Å². The second kappa shape index (κ2) is 5.62. The normalized spacial score (nSPS) is 20.0. The zero-order valence-electron chi connectivity index (χ0n) is 14.3. The highest BCUT2D eigenvalue weighted by Crippen LogP contribution is 2.33. The maximum atomic E-state index is 12.5. The number of carbonyl (C=O) groups is 1. The number of nitrogens with zero attached hydrogens (tertiary/aromatic N) is 4. The van der Waals surface area contributed by atoms with Gasteiger partial charge in [0, 0.05) is 5.56 Å². The lowest BCUT2D eigenvalue weighted by Crippen LogP contribution is -2.28. The molecule has 0 spiro atoms. The second-order valence-corrected chi connectivity index (χ2v) is 6.42. The molecular formula is C20H16N4O2. The average Bonchev–Trinajstić information content (AvgIpc) is 3.23. The predicted octanol–water partition coefficient (Wildman–Crippen LogP) is 3.38. The molecule has 5 rings (SSSR count). The fourth-order valence-electron chi connectivity index (χ4n) is 3.61. The van der Waals surface area contributed by atoms with Crippen molar-refractivity contribution in [1.29, 1.82) is 0 Å². The van der Waals surface area contributed by atoms with Crippen LogP contribution in [0.1, 0.15) is 24.8 Å². The van der Waals surface area contributed by atoms with E-state index in [-0.39, 0.29) is 5.91 Å². The minimum Gasteiger partial charge on any atom is -0.496 e. The molecule has 1 amide bonds. The molecule has 6 heteroatoms. The van der Waals surface area contributed by atoms with Gasteiger partial charge in [-0.25, -0.2) is 4.99 Å². The number of carbonyl (C=O) groups excluding carboxylic acids is 1. The molecule has 0 saturated heterocycles. The number of hydrogen-bond acceptors (Lipinski definition) is 5. The largest absolute Gasteiger partial charge is 0.496 e. The van der Waals surface area contributed by atoms with E-state index in [1.165, 1.54) is 0 Å². The smallest absolute Gasteiger partial charge is 0.299 e. The lowest BCUT2D eigenvalue weighted by atomic mass is 10.0. The number of benzene rings is 2. The third kappa shape index (κ3) is 2.19. The Morgan fingerprint density at radius 2 is 1.92 bits per heavy atom. The third-order valence-electron chi connectivity index (χ3n) is 4.89. The summed E-state index contributed by atoms with van der Waals surface area (Å²) in [6.45, 7) is 0. The second-order valence-electron chi connectivity index (χ2n) is 6.42. The molecule has 0 atom stereocenters. The van der Waals surface area contributed by atoms with Crippen molar-refractivity contribution >= 4 is 40.1 Å². The summed E-state index contributed by atoms with van der Waals surface area (Å²) >= 11 is 0. The number of fused-ring (bicyclic) bond motifs is 3. The van der Waals surface area contributed by atoms with Gasteiger partial charge in [0.2, 0.25) is 0 Å². The highest BCUT2D eigenvalue weighted by Gasteiger charge is 2.35. The first-order chi connectivity index (χ1) is 12.7. The third-order valence-corrected chi connectivity index (χ3v) is 4.89. The zero-order valence-corrected chi connectivity index (χ0v) is 14.3. The molecule has 0 bridgehead atoms. The van der Waals surface area contributed by atoms with E-state index in [0.29, 0.717) is 17.4 Å². The van der Waals surface area contributed by atoms with Crippen LogP contribution in [0.5, 0.6) is 5.75 Å². The van der Waals surface area contributed by atoms with Gasteiger partial charge in [0.25, 0.3) is 11.9 Å². The van der Waals surface area contributed by atoms with Crippen molar-refractivity contribution in [2.45, 2.75) is 19.3 Å². The molecule has 1 aliphatic carbocycles. The first kappa shape index (κ1) is 15.0.